The molecule has 0 spiro atoms. The SMILES string of the molecule is CC1CCCN1c1nc(-c2ccc(F)cc2)cc(N2CCN(c3nccnc3Cl)C[C@H]2C)n1. The summed E-state index contributed by atoms with van der Waals surface area (Å²) in [5, 5.41) is 0.420. The Balaban J connectivity index is 1.47. The molecule has 2 aromatic heterocycles. The third-order valence-electron chi connectivity index (χ3n) is 6.51. The van der Waals surface area contributed by atoms with Gasteiger partial charge in [0, 0.05) is 62.3 Å². The van der Waals surface area contributed by atoms with Crippen LogP contribution in [0.3, 0.4) is 0 Å². The molecule has 172 valence electrons. The lowest BCUT2D eigenvalue weighted by Gasteiger charge is -2.41. The van der Waals surface area contributed by atoms with Crippen LogP contribution in [0.5, 0.6) is 0 Å². The lowest BCUT2D eigenvalue weighted by molar-refractivity contribution is 0.541. The van der Waals surface area contributed by atoms with Gasteiger partial charge in [-0.1, -0.05) is 11.6 Å². The van der Waals surface area contributed by atoms with E-state index in [9.17, 15) is 4.39 Å². The fourth-order valence-electron chi connectivity index (χ4n) is 4.71. The largest absolute Gasteiger partial charge is 0.350 e. The van der Waals surface area contributed by atoms with Crippen LogP contribution < -0.4 is 14.7 Å². The average molecular weight is 468 g/mol. The molecule has 0 amide bonds. The van der Waals surface area contributed by atoms with Crippen molar-refractivity contribution < 1.29 is 4.39 Å². The topological polar surface area (TPSA) is 61.3 Å². The van der Waals surface area contributed by atoms with Crippen LogP contribution in [0.2, 0.25) is 5.15 Å². The summed E-state index contributed by atoms with van der Waals surface area (Å²) in [6.07, 6.45) is 5.54. The maximum Gasteiger partial charge on any atom is 0.228 e. The Morgan fingerprint density at radius 1 is 0.939 bits per heavy atom. The first-order chi connectivity index (χ1) is 16.0. The first-order valence-corrected chi connectivity index (χ1v) is 11.8. The number of piperazine rings is 1. The highest BCUT2D eigenvalue weighted by atomic mass is 35.5. The third kappa shape index (κ3) is 4.44. The molecule has 0 N–H and O–H groups in total. The maximum absolute atomic E-state index is 13.5. The van der Waals surface area contributed by atoms with Gasteiger partial charge in [-0.05, 0) is 51.0 Å². The van der Waals surface area contributed by atoms with Gasteiger partial charge >= 0.3 is 0 Å². The van der Waals surface area contributed by atoms with Gasteiger partial charge in [0.15, 0.2) is 11.0 Å². The highest BCUT2D eigenvalue weighted by Gasteiger charge is 2.29. The van der Waals surface area contributed by atoms with Gasteiger partial charge in [-0.2, -0.15) is 4.98 Å². The summed E-state index contributed by atoms with van der Waals surface area (Å²) >= 11 is 6.28. The molecule has 9 heteroatoms. The minimum absolute atomic E-state index is 0.177. The first-order valence-electron chi connectivity index (χ1n) is 11.4. The summed E-state index contributed by atoms with van der Waals surface area (Å²) in [5.41, 5.74) is 1.69. The van der Waals surface area contributed by atoms with Crippen LogP contribution in [-0.4, -0.2) is 58.2 Å². The molecule has 0 bridgehead atoms. The van der Waals surface area contributed by atoms with Crippen LogP contribution in [0.15, 0.2) is 42.7 Å². The van der Waals surface area contributed by atoms with Gasteiger partial charge in [-0.3, -0.25) is 0 Å². The van der Waals surface area contributed by atoms with E-state index < -0.39 is 0 Å². The molecular formula is C24H27ClFN7. The predicted molar refractivity (Wildman–Crippen MR) is 130 cm³/mol. The van der Waals surface area contributed by atoms with E-state index in [1.54, 1.807) is 24.5 Å². The van der Waals surface area contributed by atoms with E-state index in [2.05, 4.69) is 38.5 Å². The van der Waals surface area contributed by atoms with Gasteiger partial charge in [0.1, 0.15) is 11.6 Å². The molecule has 5 rings (SSSR count). The smallest absolute Gasteiger partial charge is 0.228 e. The number of hydrogen-bond donors (Lipinski definition) is 0. The molecule has 0 radical (unpaired) electrons. The molecule has 7 nitrogen and oxygen atoms in total. The summed E-state index contributed by atoms with van der Waals surface area (Å²) in [6.45, 7) is 7.61. The lowest BCUT2D eigenvalue weighted by atomic mass is 10.1. The summed E-state index contributed by atoms with van der Waals surface area (Å²) < 4.78 is 13.5. The quantitative estimate of drug-likeness (QED) is 0.562. The van der Waals surface area contributed by atoms with Crippen molar-refractivity contribution >= 4 is 29.2 Å². The van der Waals surface area contributed by atoms with Crippen LogP contribution in [0.4, 0.5) is 22.0 Å². The highest BCUT2D eigenvalue weighted by Crippen LogP contribution is 2.31. The van der Waals surface area contributed by atoms with Crippen molar-refractivity contribution in [3.05, 3.63) is 53.7 Å². The van der Waals surface area contributed by atoms with Crippen molar-refractivity contribution in [2.45, 2.75) is 38.8 Å². The molecule has 1 aromatic carbocycles. The Hall–Kier alpha value is -3.00. The fraction of sp³-hybridized carbons (Fsp3) is 0.417. The summed E-state index contributed by atoms with van der Waals surface area (Å²) in [5.74, 6) is 2.08. The maximum atomic E-state index is 13.5. The Labute approximate surface area is 198 Å². The minimum atomic E-state index is -0.256. The Bertz CT molecular complexity index is 1130. The molecule has 33 heavy (non-hydrogen) atoms. The van der Waals surface area contributed by atoms with E-state index >= 15 is 0 Å². The molecule has 1 unspecified atom stereocenters. The average Bonchev–Trinajstić information content (AvgIpc) is 3.25. The lowest BCUT2D eigenvalue weighted by Crippen LogP contribution is -2.53. The second kappa shape index (κ2) is 9.09. The van der Waals surface area contributed by atoms with Crippen molar-refractivity contribution in [3.8, 4) is 11.3 Å². The van der Waals surface area contributed by atoms with E-state index in [0.29, 0.717) is 17.0 Å². The van der Waals surface area contributed by atoms with Gasteiger partial charge in [-0.25, -0.2) is 19.3 Å². The molecule has 2 fully saturated rings. The first kappa shape index (κ1) is 21.8. The Morgan fingerprint density at radius 2 is 1.73 bits per heavy atom. The van der Waals surface area contributed by atoms with E-state index in [1.165, 1.54) is 12.1 Å². The van der Waals surface area contributed by atoms with Crippen LogP contribution in [0.1, 0.15) is 26.7 Å². The zero-order valence-corrected chi connectivity index (χ0v) is 19.6. The fourth-order valence-corrected chi connectivity index (χ4v) is 4.94. The van der Waals surface area contributed by atoms with E-state index in [1.807, 2.05) is 6.07 Å². The van der Waals surface area contributed by atoms with Crippen LogP contribution in [-0.2, 0) is 0 Å². The number of halogens is 2. The van der Waals surface area contributed by atoms with Gasteiger partial charge in [0.2, 0.25) is 5.95 Å². The molecule has 2 aliphatic heterocycles. The Morgan fingerprint density at radius 3 is 2.42 bits per heavy atom. The molecule has 0 saturated carbocycles. The standard InChI is InChI=1S/C24H27ClFN7/c1-16-4-3-11-33(16)24-29-20(18-5-7-19(26)8-6-18)14-21(30-24)32-13-12-31(15-17(32)2)23-22(25)27-9-10-28-23/h5-10,14,16-17H,3-4,11-13,15H2,1-2H3/t16?,17-/m1/s1. The van der Waals surface area contributed by atoms with E-state index in [0.717, 1.165) is 62.0 Å². The van der Waals surface area contributed by atoms with Gasteiger partial charge < -0.3 is 14.7 Å². The monoisotopic (exact) mass is 467 g/mol. The third-order valence-corrected chi connectivity index (χ3v) is 6.77. The summed E-state index contributed by atoms with van der Waals surface area (Å²) in [6, 6.07) is 9.08. The predicted octanol–water partition coefficient (Wildman–Crippen LogP) is 4.43. The number of benzene rings is 1. The van der Waals surface area contributed by atoms with Crippen LogP contribution >= 0.6 is 11.6 Å². The molecule has 2 aliphatic rings. The molecule has 0 aliphatic carbocycles. The van der Waals surface area contributed by atoms with Crippen LogP contribution in [0.25, 0.3) is 11.3 Å². The normalized spacial score (nSPS) is 21.0. The summed E-state index contributed by atoms with van der Waals surface area (Å²) in [7, 11) is 0. The second-order valence-electron chi connectivity index (χ2n) is 8.76. The molecule has 2 saturated heterocycles. The number of hydrogen-bond acceptors (Lipinski definition) is 7. The number of nitrogens with zero attached hydrogens (tertiary/aromatic N) is 7. The van der Waals surface area contributed by atoms with Gasteiger partial charge in [0.05, 0.1) is 5.69 Å². The second-order valence-corrected chi connectivity index (χ2v) is 9.12. The van der Waals surface area contributed by atoms with E-state index in [-0.39, 0.29) is 11.9 Å². The number of aromatic nitrogens is 4. The van der Waals surface area contributed by atoms with E-state index in [4.69, 9.17) is 21.6 Å². The van der Waals surface area contributed by atoms with Crippen LogP contribution in [0, 0.1) is 5.82 Å². The van der Waals surface area contributed by atoms with Gasteiger partial charge in [-0.15, -0.1) is 0 Å². The molecular weight excluding hydrogens is 441 g/mol. The van der Waals surface area contributed by atoms with Crippen molar-refractivity contribution in [2.75, 3.05) is 40.9 Å². The molecule has 2 atom stereocenters. The number of anilines is 3. The zero-order valence-electron chi connectivity index (χ0n) is 18.8. The highest BCUT2D eigenvalue weighted by molar-refractivity contribution is 6.31. The van der Waals surface area contributed by atoms with Crippen molar-refractivity contribution in [2.24, 2.45) is 0 Å². The number of rotatable bonds is 4. The summed E-state index contributed by atoms with van der Waals surface area (Å²) in [4.78, 5) is 25.2. The zero-order chi connectivity index (χ0) is 22.9. The van der Waals surface area contributed by atoms with Crippen molar-refractivity contribution in [3.63, 3.8) is 0 Å². The molecule has 3 aromatic rings. The van der Waals surface area contributed by atoms with Gasteiger partial charge in [0.25, 0.3) is 0 Å². The van der Waals surface area contributed by atoms with Crippen molar-refractivity contribution in [1.29, 1.82) is 0 Å². The minimum Gasteiger partial charge on any atom is -0.350 e. The molecule has 4 heterocycles. The van der Waals surface area contributed by atoms with Crippen molar-refractivity contribution in [1.82, 2.24) is 19.9 Å². The Kier molecular flexibility index (Phi) is 6.01.